The first-order valence-corrected chi connectivity index (χ1v) is 4.72. The van der Waals surface area contributed by atoms with Gasteiger partial charge >= 0.3 is 0 Å². The molecular weight excluding hydrogens is 178 g/mol. The van der Waals surface area contributed by atoms with Crippen LogP contribution in [-0.4, -0.2) is 16.0 Å². The fourth-order valence-corrected chi connectivity index (χ4v) is 1.27. The van der Waals surface area contributed by atoms with Crippen LogP contribution in [0.3, 0.4) is 0 Å². The third-order valence-electron chi connectivity index (χ3n) is 2.02. The second kappa shape index (κ2) is 3.75. The first kappa shape index (κ1) is 9.15. The summed E-state index contributed by atoms with van der Waals surface area (Å²) in [6.45, 7) is 1.97. The van der Waals surface area contributed by atoms with Crippen molar-refractivity contribution >= 4 is 11.2 Å². The second-order valence-corrected chi connectivity index (χ2v) is 3.45. The van der Waals surface area contributed by atoms with Crippen LogP contribution >= 0.6 is 0 Å². The lowest BCUT2D eigenvalue weighted by Gasteiger charge is -1.99. The van der Waals surface area contributed by atoms with Crippen LogP contribution in [0.5, 0.6) is 0 Å². The molecule has 74 valence electrons. The Labute approximate surface area is 82.1 Å². The van der Waals surface area contributed by atoms with Gasteiger partial charge in [0, 0.05) is 18.7 Å². The van der Waals surface area contributed by atoms with E-state index in [2.05, 4.69) is 9.97 Å². The third kappa shape index (κ3) is 1.90. The molecule has 0 bridgehead atoms. The zero-order valence-corrected chi connectivity index (χ0v) is 8.10. The van der Waals surface area contributed by atoms with Gasteiger partial charge in [-0.3, -0.25) is 0 Å². The Kier molecular flexibility index (Phi) is 2.45. The van der Waals surface area contributed by atoms with Crippen LogP contribution in [0.25, 0.3) is 11.2 Å². The average Bonchev–Trinajstić information content (AvgIpc) is 2.57. The molecule has 2 heterocycles. The highest BCUT2D eigenvalue weighted by molar-refractivity contribution is 5.66. The van der Waals surface area contributed by atoms with Gasteiger partial charge < -0.3 is 10.2 Å². The number of aromatic nitrogens is 2. The quantitative estimate of drug-likeness (QED) is 0.798. The molecule has 14 heavy (non-hydrogen) atoms. The fourth-order valence-electron chi connectivity index (χ4n) is 1.27. The van der Waals surface area contributed by atoms with Crippen molar-refractivity contribution in [2.24, 2.45) is 5.73 Å². The smallest absolute Gasteiger partial charge is 0.198 e. The Morgan fingerprint density at radius 3 is 3.14 bits per heavy atom. The van der Waals surface area contributed by atoms with Crippen LogP contribution in [0.4, 0.5) is 0 Å². The number of nitrogens with zero attached hydrogens (tertiary/aromatic N) is 2. The van der Waals surface area contributed by atoms with Crippen LogP contribution < -0.4 is 5.73 Å². The van der Waals surface area contributed by atoms with Gasteiger partial charge in [-0.1, -0.05) is 0 Å². The number of rotatable bonds is 3. The van der Waals surface area contributed by atoms with Gasteiger partial charge in [0.15, 0.2) is 17.1 Å². The number of pyridine rings is 1. The number of hydrogen-bond donors (Lipinski definition) is 1. The number of nitrogens with two attached hydrogens (primary N) is 1. The van der Waals surface area contributed by atoms with Crippen LogP contribution in [0.2, 0.25) is 0 Å². The molecule has 2 rings (SSSR count). The van der Waals surface area contributed by atoms with E-state index in [-0.39, 0.29) is 6.04 Å². The molecule has 0 spiro atoms. The number of aryl methyl sites for hydroxylation is 1. The normalized spacial score (nSPS) is 13.3. The van der Waals surface area contributed by atoms with E-state index in [1.54, 1.807) is 6.20 Å². The molecule has 4 heteroatoms. The van der Waals surface area contributed by atoms with Crippen molar-refractivity contribution in [3.63, 3.8) is 0 Å². The lowest BCUT2D eigenvalue weighted by Crippen LogP contribution is -2.15. The van der Waals surface area contributed by atoms with Gasteiger partial charge in [0.25, 0.3) is 0 Å². The predicted octanol–water partition coefficient (Wildman–Crippen LogP) is 1.50. The molecule has 0 radical (unpaired) electrons. The van der Waals surface area contributed by atoms with E-state index in [1.165, 1.54) is 0 Å². The van der Waals surface area contributed by atoms with Crippen LogP contribution in [0.15, 0.2) is 22.7 Å². The Balaban J connectivity index is 2.19. The maximum Gasteiger partial charge on any atom is 0.198 e. The summed E-state index contributed by atoms with van der Waals surface area (Å²) < 4.78 is 5.49. The standard InChI is InChI=1S/C10H13N3O/c1-7(11)4-5-9-13-10-8(14-9)3-2-6-12-10/h2-3,6-7H,4-5,11H2,1H3. The molecule has 4 nitrogen and oxygen atoms in total. The third-order valence-corrected chi connectivity index (χ3v) is 2.02. The van der Waals surface area contributed by atoms with E-state index in [4.69, 9.17) is 10.2 Å². The highest BCUT2D eigenvalue weighted by atomic mass is 16.3. The zero-order valence-electron chi connectivity index (χ0n) is 8.10. The molecule has 1 atom stereocenters. The Morgan fingerprint density at radius 1 is 1.57 bits per heavy atom. The highest BCUT2D eigenvalue weighted by Gasteiger charge is 2.06. The number of fused-ring (bicyclic) bond motifs is 1. The summed E-state index contributed by atoms with van der Waals surface area (Å²) in [6.07, 6.45) is 3.36. The maximum atomic E-state index is 5.65. The second-order valence-electron chi connectivity index (χ2n) is 3.45. The van der Waals surface area contributed by atoms with E-state index in [0.29, 0.717) is 5.65 Å². The molecule has 0 saturated heterocycles. The van der Waals surface area contributed by atoms with Crippen LogP contribution in [-0.2, 0) is 6.42 Å². The minimum atomic E-state index is 0.179. The van der Waals surface area contributed by atoms with Gasteiger partial charge in [0.2, 0.25) is 0 Å². The topological polar surface area (TPSA) is 64.9 Å². The van der Waals surface area contributed by atoms with Crippen molar-refractivity contribution < 1.29 is 4.42 Å². The molecule has 0 saturated carbocycles. The summed E-state index contributed by atoms with van der Waals surface area (Å²) in [4.78, 5) is 8.34. The Bertz CT molecular complexity index is 389. The molecule has 0 amide bonds. The molecule has 1 unspecified atom stereocenters. The highest BCUT2D eigenvalue weighted by Crippen LogP contribution is 2.13. The van der Waals surface area contributed by atoms with Gasteiger partial charge in [-0.2, -0.15) is 4.98 Å². The van der Waals surface area contributed by atoms with Crippen molar-refractivity contribution in [1.82, 2.24) is 9.97 Å². The Morgan fingerprint density at radius 2 is 2.43 bits per heavy atom. The van der Waals surface area contributed by atoms with Gasteiger partial charge in [-0.05, 0) is 25.5 Å². The Hall–Kier alpha value is -1.42. The van der Waals surface area contributed by atoms with E-state index in [0.717, 1.165) is 24.3 Å². The summed E-state index contributed by atoms with van der Waals surface area (Å²) in [5, 5.41) is 0. The van der Waals surface area contributed by atoms with Gasteiger partial charge in [-0.15, -0.1) is 0 Å². The summed E-state index contributed by atoms with van der Waals surface area (Å²) in [5.74, 6) is 0.719. The average molecular weight is 191 g/mol. The number of oxazole rings is 1. The predicted molar refractivity (Wildman–Crippen MR) is 53.8 cm³/mol. The van der Waals surface area contributed by atoms with Crippen molar-refractivity contribution in [1.29, 1.82) is 0 Å². The SMILES string of the molecule is CC(N)CCc1nc2ncccc2o1. The first-order valence-electron chi connectivity index (χ1n) is 4.72. The minimum Gasteiger partial charge on any atom is -0.439 e. The van der Waals surface area contributed by atoms with Crippen molar-refractivity contribution in [2.75, 3.05) is 0 Å². The van der Waals surface area contributed by atoms with Crippen LogP contribution in [0.1, 0.15) is 19.2 Å². The summed E-state index contributed by atoms with van der Waals surface area (Å²) in [5.41, 5.74) is 7.07. The summed E-state index contributed by atoms with van der Waals surface area (Å²) >= 11 is 0. The molecule has 2 aromatic rings. The molecule has 0 aliphatic rings. The van der Waals surface area contributed by atoms with E-state index >= 15 is 0 Å². The van der Waals surface area contributed by atoms with Crippen molar-refractivity contribution in [3.8, 4) is 0 Å². The van der Waals surface area contributed by atoms with Crippen LogP contribution in [0, 0.1) is 0 Å². The molecule has 0 fully saturated rings. The van der Waals surface area contributed by atoms with Crippen molar-refractivity contribution in [2.45, 2.75) is 25.8 Å². The van der Waals surface area contributed by atoms with Gasteiger partial charge in [0.05, 0.1) is 0 Å². The lowest BCUT2D eigenvalue weighted by molar-refractivity contribution is 0.504. The molecular formula is C10H13N3O. The largest absolute Gasteiger partial charge is 0.439 e. The zero-order chi connectivity index (χ0) is 9.97. The number of hydrogen-bond acceptors (Lipinski definition) is 4. The molecule has 0 aliphatic heterocycles. The van der Waals surface area contributed by atoms with Crippen molar-refractivity contribution in [3.05, 3.63) is 24.2 Å². The summed E-state index contributed by atoms with van der Waals surface area (Å²) in [7, 11) is 0. The molecule has 2 aromatic heterocycles. The molecule has 0 aromatic carbocycles. The van der Waals surface area contributed by atoms with Gasteiger partial charge in [0.1, 0.15) is 0 Å². The summed E-state index contributed by atoms with van der Waals surface area (Å²) in [6, 6.07) is 3.88. The first-order chi connectivity index (χ1) is 6.75. The molecule has 2 N–H and O–H groups in total. The monoisotopic (exact) mass is 191 g/mol. The molecule has 0 aliphatic carbocycles. The van der Waals surface area contributed by atoms with E-state index in [1.807, 2.05) is 19.1 Å². The lowest BCUT2D eigenvalue weighted by atomic mass is 10.2. The maximum absolute atomic E-state index is 5.65. The van der Waals surface area contributed by atoms with E-state index in [9.17, 15) is 0 Å². The van der Waals surface area contributed by atoms with Gasteiger partial charge in [-0.25, -0.2) is 4.98 Å². The fraction of sp³-hybridized carbons (Fsp3) is 0.400. The van der Waals surface area contributed by atoms with E-state index < -0.39 is 0 Å². The minimum absolute atomic E-state index is 0.179.